The molecule has 122 valence electrons. The fourth-order valence-electron chi connectivity index (χ4n) is 2.70. The smallest absolute Gasteiger partial charge is 0.245 e. The Morgan fingerprint density at radius 1 is 1.14 bits per heavy atom. The summed E-state index contributed by atoms with van der Waals surface area (Å²) in [6.45, 7) is 9.53. The normalized spacial score (nSPS) is 18.1. The second kappa shape index (κ2) is 8.37. The van der Waals surface area contributed by atoms with Crippen molar-refractivity contribution in [3.05, 3.63) is 0 Å². The fraction of sp³-hybridized carbons (Fsp3) is 0.875. The van der Waals surface area contributed by atoms with E-state index in [9.17, 15) is 9.59 Å². The maximum absolute atomic E-state index is 12.6. The van der Waals surface area contributed by atoms with Crippen LogP contribution < -0.4 is 10.6 Å². The van der Waals surface area contributed by atoms with Crippen molar-refractivity contribution in [3.63, 3.8) is 0 Å². The number of hydrogen-bond donors (Lipinski definition) is 2. The predicted octanol–water partition coefficient (Wildman–Crippen LogP) is 1.38. The van der Waals surface area contributed by atoms with Gasteiger partial charge in [-0.05, 0) is 31.7 Å². The third-order valence-corrected chi connectivity index (χ3v) is 4.06. The molecule has 1 aliphatic rings. The summed E-state index contributed by atoms with van der Waals surface area (Å²) < 4.78 is 0. The van der Waals surface area contributed by atoms with Gasteiger partial charge in [-0.25, -0.2) is 0 Å². The van der Waals surface area contributed by atoms with Crippen molar-refractivity contribution >= 4 is 11.8 Å². The molecule has 1 aliphatic heterocycles. The molecule has 0 aromatic carbocycles. The number of carbonyl (C=O) groups excluding carboxylic acids is 2. The summed E-state index contributed by atoms with van der Waals surface area (Å²) in [4.78, 5) is 26.5. The van der Waals surface area contributed by atoms with E-state index < -0.39 is 6.04 Å². The lowest BCUT2D eigenvalue weighted by molar-refractivity contribution is -0.138. The molecule has 0 radical (unpaired) electrons. The van der Waals surface area contributed by atoms with Crippen LogP contribution in [0.2, 0.25) is 0 Å². The summed E-state index contributed by atoms with van der Waals surface area (Å²) in [7, 11) is 1.96. The molecule has 0 aromatic rings. The quantitative estimate of drug-likeness (QED) is 0.779. The molecule has 1 saturated heterocycles. The minimum absolute atomic E-state index is 0.0258. The highest BCUT2D eigenvalue weighted by atomic mass is 16.2. The van der Waals surface area contributed by atoms with Gasteiger partial charge in [-0.2, -0.15) is 0 Å². The van der Waals surface area contributed by atoms with E-state index in [1.165, 1.54) is 0 Å². The van der Waals surface area contributed by atoms with Crippen molar-refractivity contribution in [2.75, 3.05) is 20.1 Å². The summed E-state index contributed by atoms with van der Waals surface area (Å²) in [5.74, 6) is 0.453. The minimum Gasteiger partial charge on any atom is -0.344 e. The molecule has 0 saturated carbocycles. The van der Waals surface area contributed by atoms with Crippen LogP contribution in [0.25, 0.3) is 0 Å². The summed E-state index contributed by atoms with van der Waals surface area (Å²) in [5, 5.41) is 6.19. The van der Waals surface area contributed by atoms with Crippen LogP contribution in [-0.2, 0) is 9.59 Å². The molecule has 2 amide bonds. The van der Waals surface area contributed by atoms with Gasteiger partial charge < -0.3 is 15.5 Å². The van der Waals surface area contributed by atoms with E-state index in [2.05, 4.69) is 10.6 Å². The molecule has 0 aromatic heterocycles. The maximum Gasteiger partial charge on any atom is 0.245 e. The molecular weight excluding hydrogens is 266 g/mol. The number of piperidine rings is 1. The Morgan fingerprint density at radius 2 is 1.71 bits per heavy atom. The molecular formula is C16H31N3O2. The molecule has 5 nitrogen and oxygen atoms in total. The zero-order valence-electron chi connectivity index (χ0n) is 14.1. The van der Waals surface area contributed by atoms with Crippen molar-refractivity contribution in [3.8, 4) is 0 Å². The van der Waals surface area contributed by atoms with Crippen LogP contribution in [0.3, 0.4) is 0 Å². The van der Waals surface area contributed by atoms with Gasteiger partial charge in [0.15, 0.2) is 0 Å². The van der Waals surface area contributed by atoms with Gasteiger partial charge in [0, 0.05) is 25.6 Å². The first-order valence-electron chi connectivity index (χ1n) is 8.10. The van der Waals surface area contributed by atoms with Gasteiger partial charge in [0.05, 0.1) is 0 Å². The third kappa shape index (κ3) is 5.65. The van der Waals surface area contributed by atoms with Crippen molar-refractivity contribution in [1.29, 1.82) is 0 Å². The number of amides is 2. The summed E-state index contributed by atoms with van der Waals surface area (Å²) in [5.41, 5.74) is 0. The number of nitrogens with zero attached hydrogens (tertiary/aromatic N) is 1. The average Bonchev–Trinajstić information content (AvgIpc) is 2.43. The van der Waals surface area contributed by atoms with Gasteiger partial charge in [-0.1, -0.05) is 27.7 Å². The first-order valence-corrected chi connectivity index (χ1v) is 8.10. The average molecular weight is 297 g/mol. The number of hydrogen-bond acceptors (Lipinski definition) is 3. The highest BCUT2D eigenvalue weighted by molar-refractivity contribution is 5.88. The molecule has 0 aliphatic carbocycles. The largest absolute Gasteiger partial charge is 0.344 e. The minimum atomic E-state index is -0.401. The van der Waals surface area contributed by atoms with E-state index in [0.717, 1.165) is 25.9 Å². The van der Waals surface area contributed by atoms with E-state index in [1.54, 1.807) is 0 Å². The van der Waals surface area contributed by atoms with E-state index in [-0.39, 0.29) is 17.7 Å². The van der Waals surface area contributed by atoms with Crippen LogP contribution in [-0.4, -0.2) is 48.9 Å². The number of likely N-dealkylation sites (tertiary alicyclic amines) is 1. The van der Waals surface area contributed by atoms with Gasteiger partial charge >= 0.3 is 0 Å². The van der Waals surface area contributed by atoms with Gasteiger partial charge in [0.1, 0.15) is 6.04 Å². The Morgan fingerprint density at radius 3 is 2.14 bits per heavy atom. The Bertz CT molecular complexity index is 347. The van der Waals surface area contributed by atoms with E-state index in [1.807, 2.05) is 39.6 Å². The standard InChI is InChI=1S/C16H31N3O2/c1-11(2)10-14(20)18-15(12(3)4)16(21)19-8-6-13(17-5)7-9-19/h11-13,15,17H,6-10H2,1-5H3,(H,18,20). The predicted molar refractivity (Wildman–Crippen MR) is 84.9 cm³/mol. The van der Waals surface area contributed by atoms with Gasteiger partial charge in [0.25, 0.3) is 0 Å². The first-order chi connectivity index (χ1) is 9.85. The number of carbonyl (C=O) groups is 2. The van der Waals surface area contributed by atoms with Gasteiger partial charge in [-0.15, -0.1) is 0 Å². The van der Waals surface area contributed by atoms with Crippen LogP contribution in [0, 0.1) is 11.8 Å². The highest BCUT2D eigenvalue weighted by Crippen LogP contribution is 2.14. The van der Waals surface area contributed by atoms with Crippen molar-refractivity contribution < 1.29 is 9.59 Å². The second-order valence-corrected chi connectivity index (χ2v) is 6.78. The summed E-state index contributed by atoms with van der Waals surface area (Å²) in [6, 6.07) is 0.101. The summed E-state index contributed by atoms with van der Waals surface area (Å²) in [6.07, 6.45) is 2.43. The Hall–Kier alpha value is -1.10. The zero-order chi connectivity index (χ0) is 16.0. The molecule has 1 unspecified atom stereocenters. The molecule has 1 heterocycles. The van der Waals surface area contributed by atoms with E-state index in [4.69, 9.17) is 0 Å². The molecule has 0 bridgehead atoms. The van der Waals surface area contributed by atoms with Crippen LogP contribution >= 0.6 is 0 Å². The van der Waals surface area contributed by atoms with E-state index >= 15 is 0 Å². The van der Waals surface area contributed by atoms with Gasteiger partial charge in [0.2, 0.25) is 11.8 Å². The monoisotopic (exact) mass is 297 g/mol. The topological polar surface area (TPSA) is 61.4 Å². The Labute approximate surface area is 128 Å². The molecule has 0 spiro atoms. The number of nitrogens with one attached hydrogen (secondary N) is 2. The second-order valence-electron chi connectivity index (χ2n) is 6.78. The third-order valence-electron chi connectivity index (χ3n) is 4.06. The van der Waals surface area contributed by atoms with Crippen LogP contribution in [0.15, 0.2) is 0 Å². The molecule has 5 heteroatoms. The van der Waals surface area contributed by atoms with E-state index in [0.29, 0.717) is 18.4 Å². The van der Waals surface area contributed by atoms with Crippen molar-refractivity contribution in [1.82, 2.24) is 15.5 Å². The maximum atomic E-state index is 12.6. The molecule has 1 fully saturated rings. The first kappa shape index (κ1) is 18.0. The van der Waals surface area contributed by atoms with Crippen LogP contribution in [0.5, 0.6) is 0 Å². The Balaban J connectivity index is 2.59. The van der Waals surface area contributed by atoms with Crippen LogP contribution in [0.4, 0.5) is 0 Å². The highest BCUT2D eigenvalue weighted by Gasteiger charge is 2.30. The van der Waals surface area contributed by atoms with Crippen LogP contribution in [0.1, 0.15) is 47.0 Å². The summed E-state index contributed by atoms with van der Waals surface area (Å²) >= 11 is 0. The lowest BCUT2D eigenvalue weighted by atomic mass is 9.99. The van der Waals surface area contributed by atoms with Gasteiger partial charge in [-0.3, -0.25) is 9.59 Å². The lowest BCUT2D eigenvalue weighted by Crippen LogP contribution is -2.54. The zero-order valence-corrected chi connectivity index (χ0v) is 14.1. The molecule has 21 heavy (non-hydrogen) atoms. The molecule has 1 atom stereocenters. The van der Waals surface area contributed by atoms with Crippen molar-refractivity contribution in [2.45, 2.75) is 59.0 Å². The number of rotatable bonds is 6. The Kier molecular flexibility index (Phi) is 7.15. The SMILES string of the molecule is CNC1CCN(C(=O)C(NC(=O)CC(C)C)C(C)C)CC1. The molecule has 1 rings (SSSR count). The molecule has 2 N–H and O–H groups in total. The fourth-order valence-corrected chi connectivity index (χ4v) is 2.70. The van der Waals surface area contributed by atoms with Crippen molar-refractivity contribution in [2.24, 2.45) is 11.8 Å². The lowest BCUT2D eigenvalue weighted by Gasteiger charge is -2.35.